The average molecular weight is 271 g/mol. The minimum absolute atomic E-state index is 0.319. The third-order valence-corrected chi connectivity index (χ3v) is 2.01. The molecule has 1 rings (SSSR count). The van der Waals surface area contributed by atoms with Gasteiger partial charge in [-0.25, -0.2) is 13.8 Å². The van der Waals surface area contributed by atoms with Crippen LogP contribution in [0.25, 0.3) is 0 Å². The van der Waals surface area contributed by atoms with E-state index in [4.69, 9.17) is 5.11 Å². The monoisotopic (exact) mass is 271 g/mol. The van der Waals surface area contributed by atoms with Gasteiger partial charge in [0.15, 0.2) is 29.4 Å². The molecule has 0 aromatic carbocycles. The van der Waals surface area contributed by atoms with Gasteiger partial charge < -0.3 is 15.7 Å². The predicted molar refractivity (Wildman–Crippen MR) is 54.3 cm³/mol. The van der Waals surface area contributed by atoms with E-state index in [2.05, 4.69) is 10.3 Å². The summed E-state index contributed by atoms with van der Waals surface area (Å²) in [7, 11) is 1.32. The Bertz CT molecular complexity index is 423. The maximum absolute atomic E-state index is 13.2. The van der Waals surface area contributed by atoms with Gasteiger partial charge in [-0.3, -0.25) is 0 Å². The normalized spacial score (nSPS) is 13.3. The number of aromatic nitrogens is 1. The van der Waals surface area contributed by atoms with Crippen LogP contribution in [0.3, 0.4) is 0 Å². The molecule has 3 N–H and O–H groups in total. The summed E-state index contributed by atoms with van der Waals surface area (Å²) in [4.78, 5) is 3.39. The minimum Gasteiger partial charge on any atom is -0.382 e. The number of aliphatic hydroxyl groups excluding tert-OH is 1. The minimum atomic E-state index is -4.82. The second-order valence-electron chi connectivity index (χ2n) is 3.34. The molecule has 0 aliphatic heterocycles. The highest BCUT2D eigenvalue weighted by molar-refractivity contribution is 5.47. The second-order valence-corrected chi connectivity index (χ2v) is 3.34. The number of pyridine rings is 1. The van der Waals surface area contributed by atoms with Gasteiger partial charge in [-0.1, -0.05) is 0 Å². The maximum Gasteiger partial charge on any atom is 0.416 e. The van der Waals surface area contributed by atoms with Crippen molar-refractivity contribution in [1.82, 2.24) is 4.98 Å². The number of nitrogens with one attached hydrogen (secondary N) is 2. The molecule has 0 fully saturated rings. The number of aliphatic hydroxyl groups is 1. The molecule has 0 radical (unpaired) electrons. The van der Waals surface area contributed by atoms with Crippen LogP contribution in [-0.4, -0.2) is 36.0 Å². The van der Waals surface area contributed by atoms with Crippen molar-refractivity contribution in [2.24, 2.45) is 0 Å². The topological polar surface area (TPSA) is 57.2 Å². The van der Waals surface area contributed by atoms with E-state index in [0.29, 0.717) is 6.07 Å². The molecule has 4 nitrogen and oxygen atoms in total. The highest BCUT2D eigenvalue weighted by atomic mass is 19.4. The van der Waals surface area contributed by atoms with Crippen molar-refractivity contribution in [2.75, 3.05) is 24.2 Å². The zero-order chi connectivity index (χ0) is 13.9. The molecule has 1 atom stereocenters. The Morgan fingerprint density at radius 2 is 1.83 bits per heavy atom. The number of rotatable bonds is 4. The molecule has 0 aliphatic rings. The van der Waals surface area contributed by atoms with Gasteiger partial charge in [0.05, 0.1) is 6.54 Å². The molecule has 0 saturated carbocycles. The van der Waals surface area contributed by atoms with Gasteiger partial charge in [0.1, 0.15) is 0 Å². The van der Waals surface area contributed by atoms with Gasteiger partial charge in [-0.2, -0.15) is 13.2 Å². The first-order valence-electron chi connectivity index (χ1n) is 4.78. The molecule has 1 aromatic rings. The van der Waals surface area contributed by atoms with Crippen molar-refractivity contribution in [3.8, 4) is 0 Å². The highest BCUT2D eigenvalue weighted by Crippen LogP contribution is 2.22. The van der Waals surface area contributed by atoms with Gasteiger partial charge in [-0.05, 0) is 0 Å². The fourth-order valence-corrected chi connectivity index (χ4v) is 1.07. The second kappa shape index (κ2) is 5.34. The summed E-state index contributed by atoms with van der Waals surface area (Å²) in [6.07, 6.45) is -7.49. The number of hydrogen-bond donors (Lipinski definition) is 3. The number of alkyl halides is 3. The molecular weight excluding hydrogens is 261 g/mol. The Kier molecular flexibility index (Phi) is 4.28. The molecule has 18 heavy (non-hydrogen) atoms. The number of nitrogens with zero attached hydrogens (tertiary/aromatic N) is 1. The standard InChI is InChI=1S/C9H10F5N3O/c1-15-7-4(10)2-5(11)8(17-7)16-3-6(18)9(12,13)14/h2,6,18H,3H2,1H3,(H2,15,16,17). The average Bonchev–Trinajstić information content (AvgIpc) is 2.26. The van der Waals surface area contributed by atoms with Crippen LogP contribution in [0.1, 0.15) is 0 Å². The fraction of sp³-hybridized carbons (Fsp3) is 0.444. The molecule has 0 aliphatic carbocycles. The van der Waals surface area contributed by atoms with E-state index in [1.54, 1.807) is 0 Å². The lowest BCUT2D eigenvalue weighted by molar-refractivity contribution is -0.198. The van der Waals surface area contributed by atoms with Gasteiger partial charge >= 0.3 is 6.18 Å². The van der Waals surface area contributed by atoms with Gasteiger partial charge in [0, 0.05) is 13.1 Å². The summed E-state index contributed by atoms with van der Waals surface area (Å²) in [6.45, 7) is -0.984. The van der Waals surface area contributed by atoms with E-state index in [0.717, 1.165) is 0 Å². The zero-order valence-electron chi connectivity index (χ0n) is 9.15. The van der Waals surface area contributed by atoms with Crippen LogP contribution in [-0.2, 0) is 0 Å². The summed E-state index contributed by atoms with van der Waals surface area (Å²) in [5, 5.41) is 13.0. The van der Waals surface area contributed by atoms with Crippen molar-refractivity contribution in [3.05, 3.63) is 17.7 Å². The summed E-state index contributed by atoms with van der Waals surface area (Å²) >= 11 is 0. The Hall–Kier alpha value is -1.64. The molecule has 1 aromatic heterocycles. The Morgan fingerprint density at radius 1 is 1.28 bits per heavy atom. The molecule has 102 valence electrons. The largest absolute Gasteiger partial charge is 0.416 e. The summed E-state index contributed by atoms with van der Waals surface area (Å²) in [5.74, 6) is -3.03. The first-order valence-corrected chi connectivity index (χ1v) is 4.78. The summed E-state index contributed by atoms with van der Waals surface area (Å²) in [6, 6.07) is 0.473. The lowest BCUT2D eigenvalue weighted by Crippen LogP contribution is -2.35. The number of hydrogen-bond acceptors (Lipinski definition) is 4. The Balaban J connectivity index is 2.79. The molecule has 0 spiro atoms. The highest BCUT2D eigenvalue weighted by Gasteiger charge is 2.38. The molecule has 1 heterocycles. The molecule has 0 amide bonds. The zero-order valence-corrected chi connectivity index (χ0v) is 9.15. The van der Waals surface area contributed by atoms with Crippen LogP contribution >= 0.6 is 0 Å². The molecule has 0 bridgehead atoms. The fourth-order valence-electron chi connectivity index (χ4n) is 1.07. The predicted octanol–water partition coefficient (Wildman–Crippen LogP) is 1.74. The SMILES string of the molecule is CNc1nc(NCC(O)C(F)(F)F)c(F)cc1F. The van der Waals surface area contributed by atoms with Gasteiger partial charge in [-0.15, -0.1) is 0 Å². The first-order chi connectivity index (χ1) is 8.25. The van der Waals surface area contributed by atoms with Gasteiger partial charge in [0.25, 0.3) is 0 Å². The van der Waals surface area contributed by atoms with Crippen molar-refractivity contribution < 1.29 is 27.1 Å². The van der Waals surface area contributed by atoms with Crippen LogP contribution in [0.4, 0.5) is 33.6 Å². The number of halogens is 5. The van der Waals surface area contributed by atoms with E-state index in [-0.39, 0.29) is 5.82 Å². The number of anilines is 2. The first kappa shape index (κ1) is 14.4. The van der Waals surface area contributed by atoms with Crippen molar-refractivity contribution >= 4 is 11.6 Å². The molecule has 9 heteroatoms. The van der Waals surface area contributed by atoms with Crippen LogP contribution in [0, 0.1) is 11.6 Å². The third-order valence-electron chi connectivity index (χ3n) is 2.01. The van der Waals surface area contributed by atoms with Crippen LogP contribution in [0.5, 0.6) is 0 Å². The smallest absolute Gasteiger partial charge is 0.382 e. The summed E-state index contributed by atoms with van der Waals surface area (Å²) in [5.41, 5.74) is 0. The Labute approximate surface area is 98.8 Å². The lowest BCUT2D eigenvalue weighted by Gasteiger charge is -2.16. The summed E-state index contributed by atoms with van der Waals surface area (Å²) < 4.78 is 62.1. The Morgan fingerprint density at radius 3 is 2.33 bits per heavy atom. The molecule has 0 saturated heterocycles. The van der Waals surface area contributed by atoms with Crippen LogP contribution in [0.2, 0.25) is 0 Å². The van der Waals surface area contributed by atoms with E-state index in [9.17, 15) is 22.0 Å². The lowest BCUT2D eigenvalue weighted by atomic mass is 10.3. The van der Waals surface area contributed by atoms with Gasteiger partial charge in [0.2, 0.25) is 0 Å². The van der Waals surface area contributed by atoms with Crippen LogP contribution < -0.4 is 10.6 Å². The van der Waals surface area contributed by atoms with E-state index in [1.165, 1.54) is 7.05 Å². The molecular formula is C9H10F5N3O. The van der Waals surface area contributed by atoms with Crippen molar-refractivity contribution in [1.29, 1.82) is 0 Å². The quantitative estimate of drug-likeness (QED) is 0.730. The van der Waals surface area contributed by atoms with Crippen molar-refractivity contribution in [2.45, 2.75) is 12.3 Å². The van der Waals surface area contributed by atoms with E-state index >= 15 is 0 Å². The van der Waals surface area contributed by atoms with E-state index < -0.39 is 36.3 Å². The third kappa shape index (κ3) is 3.42. The maximum atomic E-state index is 13.2. The van der Waals surface area contributed by atoms with Crippen molar-refractivity contribution in [3.63, 3.8) is 0 Å². The van der Waals surface area contributed by atoms with E-state index in [1.807, 2.05) is 5.32 Å². The molecule has 1 unspecified atom stereocenters. The van der Waals surface area contributed by atoms with Crippen LogP contribution in [0.15, 0.2) is 6.07 Å².